The van der Waals surface area contributed by atoms with Crippen LogP contribution in [0.3, 0.4) is 0 Å². The highest BCUT2D eigenvalue weighted by molar-refractivity contribution is 14.1. The van der Waals surface area contributed by atoms with E-state index in [1.54, 1.807) is 38.7 Å². The number of nitrogens with one attached hydrogen (secondary N) is 2. The van der Waals surface area contributed by atoms with Crippen molar-refractivity contribution in [3.8, 4) is 0 Å². The summed E-state index contributed by atoms with van der Waals surface area (Å²) in [6, 6.07) is -1.15. The molecule has 2 fully saturated rings. The van der Waals surface area contributed by atoms with Gasteiger partial charge in [0.2, 0.25) is 11.8 Å². The summed E-state index contributed by atoms with van der Waals surface area (Å²) < 4.78 is 76.1. The van der Waals surface area contributed by atoms with Gasteiger partial charge in [-0.05, 0) is 12.8 Å². The number of rotatable bonds is 33. The quantitative estimate of drug-likeness (QED) is 0.0158. The maximum atomic E-state index is 12.2. The van der Waals surface area contributed by atoms with Gasteiger partial charge in [-0.2, -0.15) is 11.8 Å². The Kier molecular flexibility index (Phi) is 27.3. The summed E-state index contributed by atoms with van der Waals surface area (Å²) in [6.07, 6.45) is -2.65. The Balaban J connectivity index is 1.31. The first-order chi connectivity index (χ1) is 26.7. The van der Waals surface area contributed by atoms with Gasteiger partial charge in [0.1, 0.15) is 75.3 Å². The molecular formula is C29H57B2IN2O19P2S. The molecule has 21 nitrogen and oxygen atoms in total. The number of aliphatic hydroxyl groups excluding tert-OH is 3. The Morgan fingerprint density at radius 3 is 1.95 bits per heavy atom. The van der Waals surface area contributed by atoms with E-state index in [0.29, 0.717) is 57.9 Å². The lowest BCUT2D eigenvalue weighted by atomic mass is 9.93. The van der Waals surface area contributed by atoms with Gasteiger partial charge in [-0.25, -0.2) is 9.13 Å². The normalized spacial score (nSPS) is 27.2. The fraction of sp³-hybridized carbons (Fsp3) is 0.931. The zero-order valence-corrected chi connectivity index (χ0v) is 36.4. The van der Waals surface area contributed by atoms with E-state index in [-0.39, 0.29) is 63.6 Å². The van der Waals surface area contributed by atoms with Crippen LogP contribution in [0.1, 0.15) is 32.1 Å². The molecule has 10 atom stereocenters. The summed E-state index contributed by atoms with van der Waals surface area (Å²) in [6.45, 7) is 1.27. The summed E-state index contributed by atoms with van der Waals surface area (Å²) in [4.78, 5) is 43.8. The van der Waals surface area contributed by atoms with E-state index in [0.717, 1.165) is 6.42 Å². The van der Waals surface area contributed by atoms with Crippen LogP contribution in [0.4, 0.5) is 0 Å². The van der Waals surface area contributed by atoms with Crippen molar-refractivity contribution in [2.75, 3.05) is 90.7 Å². The third-order valence-electron chi connectivity index (χ3n) is 8.24. The Morgan fingerprint density at radius 2 is 1.29 bits per heavy atom. The van der Waals surface area contributed by atoms with Crippen LogP contribution in [0.2, 0.25) is 0 Å². The lowest BCUT2D eigenvalue weighted by molar-refractivity contribution is -0.121. The molecule has 27 heteroatoms. The lowest BCUT2D eigenvalue weighted by Gasteiger charge is -2.22. The van der Waals surface area contributed by atoms with Crippen molar-refractivity contribution in [2.24, 2.45) is 0 Å². The molecule has 6 unspecified atom stereocenters. The standard InChI is InChI=1S/C29H57B2IN2O19P2S/c30-28-24(38)26(52-32)21(51-28)18-49-54(40,41)48-15-14-46-13-12-45-11-10-44-9-7-34-22(36)5-16-56-19-23(37)33-6-3-1-2-4-8-47-55(42,43)53-27-20(17-35)50-29(31)25(27)39/h20-21,24-29,35,38-39H,1-19,30-31H2,(H,33,37)(H,34,36)(H,40,41)(H,42,43)/t20-,21-,24?,25?,26?,27?,28-,29-/m1/s1. The van der Waals surface area contributed by atoms with Crippen LogP contribution in [0.15, 0.2) is 0 Å². The number of phosphoric acid groups is 2. The molecule has 0 aliphatic carbocycles. The molecule has 2 aliphatic heterocycles. The predicted octanol–water partition coefficient (Wildman–Crippen LogP) is -2.25. The predicted molar refractivity (Wildman–Crippen MR) is 214 cm³/mol. The fourth-order valence-electron chi connectivity index (χ4n) is 5.23. The number of carbonyl (C=O) groups excluding carboxylic acids is 2. The highest BCUT2D eigenvalue weighted by atomic mass is 127. The third kappa shape index (κ3) is 22.0. The highest BCUT2D eigenvalue weighted by Crippen LogP contribution is 2.47. The summed E-state index contributed by atoms with van der Waals surface area (Å²) in [7, 11) is -5.57. The number of carbonyl (C=O) groups is 2. The SMILES string of the molecule is B[C@@H]1O[C@H](COP(=O)(O)OCCOCCOCCOCCNC(=O)CCSCC(=O)NCCCCCCOP(=O)(O)OC2C(O)[C@H](B)O[C@@H]2CO)C(OI)C1O. The lowest BCUT2D eigenvalue weighted by Crippen LogP contribution is -2.36. The number of aliphatic hydroxyl groups is 3. The Hall–Kier alpha value is 0.00987. The van der Waals surface area contributed by atoms with Crippen molar-refractivity contribution in [2.45, 2.75) is 80.7 Å². The van der Waals surface area contributed by atoms with E-state index in [1.807, 2.05) is 0 Å². The minimum Gasteiger partial charge on any atom is -0.394 e. The molecular weight excluding hydrogens is 923 g/mol. The van der Waals surface area contributed by atoms with Crippen LogP contribution < -0.4 is 10.6 Å². The molecule has 326 valence electrons. The van der Waals surface area contributed by atoms with Crippen LogP contribution >= 0.6 is 50.4 Å². The van der Waals surface area contributed by atoms with E-state index in [1.165, 1.54) is 11.8 Å². The average Bonchev–Trinajstić information content (AvgIpc) is 3.59. The third-order valence-corrected chi connectivity index (χ3v) is 11.8. The van der Waals surface area contributed by atoms with E-state index in [9.17, 15) is 43.8 Å². The summed E-state index contributed by atoms with van der Waals surface area (Å²) in [5.41, 5.74) is 0. The number of amides is 2. The smallest absolute Gasteiger partial charge is 0.394 e. The van der Waals surface area contributed by atoms with Crippen molar-refractivity contribution < 1.29 is 88.7 Å². The van der Waals surface area contributed by atoms with Gasteiger partial charge < -0.3 is 62.5 Å². The average molecular weight is 980 g/mol. The molecule has 0 aromatic heterocycles. The second kappa shape index (κ2) is 29.3. The topological polar surface area (TPSA) is 286 Å². The number of hydrogen-bond acceptors (Lipinski definition) is 18. The first kappa shape index (κ1) is 52.1. The number of unbranched alkanes of at least 4 members (excludes halogenated alkanes) is 3. The van der Waals surface area contributed by atoms with E-state index < -0.39 is 70.9 Å². The molecule has 56 heavy (non-hydrogen) atoms. The second-order valence-electron chi connectivity index (χ2n) is 12.7. The molecule has 0 radical (unpaired) electrons. The van der Waals surface area contributed by atoms with Crippen LogP contribution in [-0.2, 0) is 63.6 Å². The van der Waals surface area contributed by atoms with Crippen molar-refractivity contribution in [1.29, 1.82) is 0 Å². The molecule has 2 saturated heterocycles. The minimum atomic E-state index is -4.45. The van der Waals surface area contributed by atoms with Crippen LogP contribution in [-0.4, -0.2) is 192 Å². The highest BCUT2D eigenvalue weighted by Gasteiger charge is 2.46. The molecule has 0 aromatic rings. The van der Waals surface area contributed by atoms with Gasteiger partial charge in [-0.15, -0.1) is 0 Å². The van der Waals surface area contributed by atoms with Gasteiger partial charge in [0, 0.05) is 25.3 Å². The van der Waals surface area contributed by atoms with Crippen LogP contribution in [0.5, 0.6) is 0 Å². The zero-order chi connectivity index (χ0) is 41.4. The second-order valence-corrected chi connectivity index (χ2v) is 17.2. The summed E-state index contributed by atoms with van der Waals surface area (Å²) in [5.74, 6) is 0.424. The van der Waals surface area contributed by atoms with E-state index in [2.05, 4.69) is 10.6 Å². The molecule has 0 spiro atoms. The minimum absolute atomic E-state index is 0.0336. The zero-order valence-electron chi connectivity index (χ0n) is 31.7. The molecule has 2 aliphatic rings. The number of ether oxygens (including phenoxy) is 5. The molecule has 0 aromatic carbocycles. The van der Waals surface area contributed by atoms with E-state index in [4.69, 9.17) is 44.8 Å². The van der Waals surface area contributed by atoms with Gasteiger partial charge in [0.15, 0.2) is 0 Å². The van der Waals surface area contributed by atoms with Crippen molar-refractivity contribution in [1.82, 2.24) is 10.6 Å². The number of halogens is 1. The largest absolute Gasteiger partial charge is 0.472 e. The van der Waals surface area contributed by atoms with Gasteiger partial charge >= 0.3 is 15.6 Å². The number of thioether (sulfide) groups is 1. The van der Waals surface area contributed by atoms with Gasteiger partial charge in [0.25, 0.3) is 0 Å². The van der Waals surface area contributed by atoms with Crippen LogP contribution in [0, 0.1) is 0 Å². The molecule has 0 bridgehead atoms. The fourth-order valence-corrected chi connectivity index (χ4v) is 8.32. The molecule has 2 rings (SSSR count). The summed E-state index contributed by atoms with van der Waals surface area (Å²) in [5, 5.41) is 34.9. The van der Waals surface area contributed by atoms with Crippen LogP contribution in [0.25, 0.3) is 0 Å². The van der Waals surface area contributed by atoms with Gasteiger partial charge in [-0.1, -0.05) is 12.8 Å². The van der Waals surface area contributed by atoms with Crippen molar-refractivity contribution in [3.05, 3.63) is 0 Å². The van der Waals surface area contributed by atoms with Gasteiger partial charge in [-0.3, -0.25) is 27.7 Å². The summed E-state index contributed by atoms with van der Waals surface area (Å²) >= 11 is 2.98. The maximum Gasteiger partial charge on any atom is 0.472 e. The Morgan fingerprint density at radius 1 is 0.714 bits per heavy atom. The van der Waals surface area contributed by atoms with E-state index >= 15 is 0 Å². The number of phosphoric ester groups is 2. The maximum absolute atomic E-state index is 12.2. The molecule has 7 N–H and O–H groups in total. The monoisotopic (exact) mass is 980 g/mol. The number of hydrogen-bond donors (Lipinski definition) is 7. The Labute approximate surface area is 347 Å². The molecule has 2 heterocycles. The molecule has 2 amide bonds. The Bertz CT molecular complexity index is 1210. The first-order valence-corrected chi connectivity index (χ1v) is 23.4. The van der Waals surface area contributed by atoms with Gasteiger partial charge in [0.05, 0.1) is 83.8 Å². The molecule has 0 saturated carbocycles. The van der Waals surface area contributed by atoms with Crippen molar-refractivity contribution in [3.63, 3.8) is 0 Å². The van der Waals surface area contributed by atoms with Crippen molar-refractivity contribution >= 4 is 77.9 Å². The first-order valence-electron chi connectivity index (χ1n) is 18.4.